The van der Waals surface area contributed by atoms with Crippen LogP contribution in [0.15, 0.2) is 79.1 Å². The van der Waals surface area contributed by atoms with E-state index in [0.717, 1.165) is 40.1 Å². The molecule has 10 nitrogen and oxygen atoms in total. The van der Waals surface area contributed by atoms with E-state index in [2.05, 4.69) is 25.5 Å². The zero-order valence-electron chi connectivity index (χ0n) is 22.6. The van der Waals surface area contributed by atoms with Crippen molar-refractivity contribution in [1.29, 1.82) is 0 Å². The molecule has 1 saturated heterocycles. The molecule has 2 aromatic carbocycles. The summed E-state index contributed by atoms with van der Waals surface area (Å²) in [5, 5.41) is 16.5. The summed E-state index contributed by atoms with van der Waals surface area (Å²) in [4.78, 5) is 30.3. The Kier molecular flexibility index (Phi) is 8.60. The van der Waals surface area contributed by atoms with Crippen LogP contribution < -0.4 is 15.5 Å². The summed E-state index contributed by atoms with van der Waals surface area (Å²) < 4.78 is 5.53. The van der Waals surface area contributed by atoms with Crippen molar-refractivity contribution in [1.82, 2.24) is 19.9 Å². The van der Waals surface area contributed by atoms with Crippen LogP contribution in [0.5, 0.6) is 0 Å². The highest BCUT2D eigenvalue weighted by Gasteiger charge is 2.20. The van der Waals surface area contributed by atoms with E-state index in [1.165, 1.54) is 0 Å². The Morgan fingerprint density at radius 3 is 2.80 bits per heavy atom. The number of fused-ring (bicyclic) bond motifs is 1. The second-order valence-electron chi connectivity index (χ2n) is 9.82. The van der Waals surface area contributed by atoms with Crippen LogP contribution in [0.2, 0.25) is 0 Å². The van der Waals surface area contributed by atoms with E-state index in [1.807, 2.05) is 79.7 Å². The molecule has 2 aromatic heterocycles. The molecule has 1 atom stereocenters. The minimum Gasteiger partial charge on any atom is -0.394 e. The number of aliphatic hydroxyl groups excluding tert-OH is 1. The average molecular weight is 540 g/mol. The Balaban J connectivity index is 1.33. The molecule has 0 aliphatic carbocycles. The number of hydrogen-bond donors (Lipinski definition) is 3. The van der Waals surface area contributed by atoms with Crippen LogP contribution in [0.25, 0.3) is 22.0 Å². The van der Waals surface area contributed by atoms with Crippen LogP contribution in [-0.2, 0) is 9.53 Å². The van der Waals surface area contributed by atoms with Crippen LogP contribution in [0.3, 0.4) is 0 Å². The number of benzene rings is 2. The number of amides is 1. The highest BCUT2D eigenvalue weighted by Crippen LogP contribution is 2.30. The number of morpholine rings is 1. The van der Waals surface area contributed by atoms with Gasteiger partial charge in [0.25, 0.3) is 0 Å². The highest BCUT2D eigenvalue weighted by molar-refractivity contribution is 6.00. The molecule has 1 aliphatic rings. The second kappa shape index (κ2) is 12.6. The van der Waals surface area contributed by atoms with Gasteiger partial charge in [-0.2, -0.15) is 0 Å². The number of likely N-dealkylation sites (N-methyl/N-ethyl adjacent to an activating group) is 1. The normalized spacial score (nSPS) is 15.6. The molecule has 206 valence electrons. The van der Waals surface area contributed by atoms with Crippen LogP contribution in [0, 0.1) is 0 Å². The average Bonchev–Trinajstić information content (AvgIpc) is 2.97. The molecule has 1 amide bonds. The van der Waals surface area contributed by atoms with Crippen molar-refractivity contribution in [3.63, 3.8) is 0 Å². The third-order valence-electron chi connectivity index (χ3n) is 6.46. The van der Waals surface area contributed by atoms with E-state index in [9.17, 15) is 9.90 Å². The Morgan fingerprint density at radius 1 is 1.12 bits per heavy atom. The summed E-state index contributed by atoms with van der Waals surface area (Å²) in [5.41, 5.74) is 4.13. The first kappa shape index (κ1) is 27.2. The van der Waals surface area contributed by atoms with Gasteiger partial charge < -0.3 is 30.3 Å². The molecule has 4 aromatic rings. The molecule has 0 bridgehead atoms. The summed E-state index contributed by atoms with van der Waals surface area (Å²) in [6, 6.07) is 17.5. The van der Waals surface area contributed by atoms with Gasteiger partial charge in [-0.05, 0) is 43.9 Å². The van der Waals surface area contributed by atoms with Crippen molar-refractivity contribution in [2.45, 2.75) is 6.10 Å². The summed E-state index contributed by atoms with van der Waals surface area (Å²) in [6.07, 6.45) is 6.71. The summed E-state index contributed by atoms with van der Waals surface area (Å²) >= 11 is 0. The molecule has 0 radical (unpaired) electrons. The second-order valence-corrected chi connectivity index (χ2v) is 9.82. The number of para-hydroxylation sites is 1. The van der Waals surface area contributed by atoms with Gasteiger partial charge in [0.15, 0.2) is 0 Å². The number of aromatic nitrogens is 3. The Bertz CT molecular complexity index is 1490. The lowest BCUT2D eigenvalue weighted by molar-refractivity contribution is -0.111. The predicted octanol–water partition coefficient (Wildman–Crippen LogP) is 3.69. The standard InChI is InChI=1S/C30H33N7O3/c1-36(2)13-5-10-28(39)33-23-8-3-6-21(16-23)26-9-4-7-22-17-32-30(35-29(22)26)34-24-11-12-27(31-18-24)37-14-15-40-25(19-37)20-38/h3-12,16-18,25,38H,13-15,19-20H2,1-2H3,(H,33,39)(H,32,34,35)/b10-5+. The molecule has 1 unspecified atom stereocenters. The van der Waals surface area contributed by atoms with Crippen LogP contribution >= 0.6 is 0 Å². The maximum atomic E-state index is 12.3. The molecule has 0 spiro atoms. The minimum absolute atomic E-state index is 0.00917. The van der Waals surface area contributed by atoms with Crippen molar-refractivity contribution in [3.8, 4) is 11.1 Å². The van der Waals surface area contributed by atoms with Crippen molar-refractivity contribution in [2.75, 3.05) is 62.5 Å². The van der Waals surface area contributed by atoms with Crippen molar-refractivity contribution in [2.24, 2.45) is 0 Å². The van der Waals surface area contributed by atoms with E-state index >= 15 is 0 Å². The third kappa shape index (κ3) is 6.78. The Labute approximate surface area is 233 Å². The fourth-order valence-electron chi connectivity index (χ4n) is 4.48. The number of aliphatic hydroxyl groups is 1. The first-order chi connectivity index (χ1) is 19.5. The van der Waals surface area contributed by atoms with Crippen molar-refractivity contribution >= 4 is 40.0 Å². The van der Waals surface area contributed by atoms with Gasteiger partial charge in [-0.25, -0.2) is 15.0 Å². The Morgan fingerprint density at radius 2 is 2.00 bits per heavy atom. The van der Waals surface area contributed by atoms with Gasteiger partial charge in [0, 0.05) is 48.5 Å². The van der Waals surface area contributed by atoms with Crippen LogP contribution in [0.1, 0.15) is 0 Å². The van der Waals surface area contributed by atoms with E-state index in [-0.39, 0.29) is 18.6 Å². The summed E-state index contributed by atoms with van der Waals surface area (Å²) in [6.45, 7) is 2.57. The molecule has 1 fully saturated rings. The van der Waals surface area contributed by atoms with Crippen LogP contribution in [-0.4, -0.2) is 83.9 Å². The zero-order valence-corrected chi connectivity index (χ0v) is 22.6. The highest BCUT2D eigenvalue weighted by atomic mass is 16.5. The first-order valence-electron chi connectivity index (χ1n) is 13.2. The van der Waals surface area contributed by atoms with Gasteiger partial charge in [-0.15, -0.1) is 0 Å². The first-order valence-corrected chi connectivity index (χ1v) is 13.2. The lowest BCUT2D eigenvalue weighted by Crippen LogP contribution is -2.44. The number of carbonyl (C=O) groups excluding carboxylic acids is 1. The number of ether oxygens (including phenoxy) is 1. The fourth-order valence-corrected chi connectivity index (χ4v) is 4.48. The van der Waals surface area contributed by atoms with Gasteiger partial charge in [0.1, 0.15) is 5.82 Å². The lowest BCUT2D eigenvalue weighted by Gasteiger charge is -2.32. The van der Waals surface area contributed by atoms with E-state index in [0.29, 0.717) is 31.3 Å². The number of nitrogens with zero attached hydrogens (tertiary/aromatic N) is 5. The van der Waals surface area contributed by atoms with E-state index in [1.54, 1.807) is 18.5 Å². The van der Waals surface area contributed by atoms with Gasteiger partial charge >= 0.3 is 0 Å². The number of carbonyl (C=O) groups is 1. The monoisotopic (exact) mass is 539 g/mol. The molecule has 40 heavy (non-hydrogen) atoms. The van der Waals surface area contributed by atoms with E-state index < -0.39 is 0 Å². The quantitative estimate of drug-likeness (QED) is 0.274. The molecule has 3 N–H and O–H groups in total. The summed E-state index contributed by atoms with van der Waals surface area (Å²) in [7, 11) is 3.90. The third-order valence-corrected chi connectivity index (χ3v) is 6.46. The predicted molar refractivity (Wildman–Crippen MR) is 158 cm³/mol. The molecule has 0 saturated carbocycles. The molecular weight excluding hydrogens is 506 g/mol. The molecule has 5 rings (SSSR count). The zero-order chi connectivity index (χ0) is 27.9. The number of hydrogen-bond acceptors (Lipinski definition) is 9. The van der Waals surface area contributed by atoms with E-state index in [4.69, 9.17) is 9.72 Å². The number of rotatable bonds is 9. The SMILES string of the molecule is CN(C)C/C=C/C(=O)Nc1cccc(-c2cccc3cnc(Nc4ccc(N5CCOC(CO)C5)nc4)nc23)c1. The summed E-state index contributed by atoms with van der Waals surface area (Å²) in [5.74, 6) is 1.11. The molecule has 10 heteroatoms. The van der Waals surface area contributed by atoms with Gasteiger partial charge in [0.05, 0.1) is 36.7 Å². The molecule has 3 heterocycles. The minimum atomic E-state index is -0.199. The van der Waals surface area contributed by atoms with Crippen molar-refractivity contribution < 1.29 is 14.6 Å². The Hall–Kier alpha value is -4.38. The topological polar surface area (TPSA) is 116 Å². The maximum absolute atomic E-state index is 12.3. The van der Waals surface area contributed by atoms with Gasteiger partial charge in [0.2, 0.25) is 11.9 Å². The van der Waals surface area contributed by atoms with Crippen LogP contribution in [0.4, 0.5) is 23.1 Å². The fraction of sp³-hybridized carbons (Fsp3) is 0.267. The number of anilines is 4. The molecular formula is C30H33N7O3. The van der Waals surface area contributed by atoms with Gasteiger partial charge in [-0.3, -0.25) is 4.79 Å². The van der Waals surface area contributed by atoms with Gasteiger partial charge in [-0.1, -0.05) is 36.4 Å². The molecule has 1 aliphatic heterocycles. The lowest BCUT2D eigenvalue weighted by atomic mass is 10.0. The largest absolute Gasteiger partial charge is 0.394 e. The smallest absolute Gasteiger partial charge is 0.248 e. The van der Waals surface area contributed by atoms with Crippen molar-refractivity contribution in [3.05, 3.63) is 79.1 Å². The number of nitrogens with one attached hydrogen (secondary N) is 2. The maximum Gasteiger partial charge on any atom is 0.248 e. The number of pyridine rings is 1.